The van der Waals surface area contributed by atoms with E-state index in [2.05, 4.69) is 21.9 Å². The van der Waals surface area contributed by atoms with Gasteiger partial charge in [-0.25, -0.2) is 4.98 Å². The minimum absolute atomic E-state index is 0.806. The molecule has 0 fully saturated rings. The van der Waals surface area contributed by atoms with Gasteiger partial charge < -0.3 is 10.1 Å². The summed E-state index contributed by atoms with van der Waals surface area (Å²) in [5.41, 5.74) is 4.77. The molecule has 24 heavy (non-hydrogen) atoms. The number of benzene rings is 1. The van der Waals surface area contributed by atoms with Gasteiger partial charge in [-0.3, -0.25) is 4.68 Å². The Kier molecular flexibility index (Phi) is 3.66. The van der Waals surface area contributed by atoms with Crippen molar-refractivity contribution in [2.45, 2.75) is 0 Å². The molecular formula is C18H16N4OS. The molecule has 120 valence electrons. The van der Waals surface area contributed by atoms with Crippen LogP contribution in [0.4, 0.5) is 11.4 Å². The summed E-state index contributed by atoms with van der Waals surface area (Å²) in [6.45, 7) is 0. The highest BCUT2D eigenvalue weighted by atomic mass is 32.1. The van der Waals surface area contributed by atoms with Crippen molar-refractivity contribution in [1.29, 1.82) is 0 Å². The third kappa shape index (κ3) is 2.61. The Balaban J connectivity index is 1.76. The van der Waals surface area contributed by atoms with E-state index in [9.17, 15) is 0 Å². The van der Waals surface area contributed by atoms with Gasteiger partial charge >= 0.3 is 0 Å². The minimum atomic E-state index is 0.806. The Morgan fingerprint density at radius 2 is 2.00 bits per heavy atom. The van der Waals surface area contributed by atoms with Crippen molar-refractivity contribution >= 4 is 32.9 Å². The monoisotopic (exact) mass is 336 g/mol. The highest BCUT2D eigenvalue weighted by molar-refractivity contribution is 7.17. The molecule has 0 radical (unpaired) electrons. The average Bonchev–Trinajstić information content (AvgIpc) is 3.21. The first-order valence-corrected chi connectivity index (χ1v) is 8.40. The molecular weight excluding hydrogens is 320 g/mol. The third-order valence-electron chi connectivity index (χ3n) is 3.79. The number of pyridine rings is 1. The first-order valence-electron chi connectivity index (χ1n) is 7.52. The van der Waals surface area contributed by atoms with Gasteiger partial charge in [0, 0.05) is 24.2 Å². The van der Waals surface area contributed by atoms with Gasteiger partial charge in [-0.05, 0) is 24.3 Å². The summed E-state index contributed by atoms with van der Waals surface area (Å²) in [5, 5.41) is 9.73. The van der Waals surface area contributed by atoms with Gasteiger partial charge in [0.25, 0.3) is 0 Å². The lowest BCUT2D eigenvalue weighted by Gasteiger charge is -2.10. The van der Waals surface area contributed by atoms with Crippen LogP contribution in [0.25, 0.3) is 21.5 Å². The molecule has 3 aromatic heterocycles. The molecule has 0 amide bonds. The second-order valence-corrected chi connectivity index (χ2v) is 6.33. The topological polar surface area (TPSA) is 52.0 Å². The molecule has 1 aromatic carbocycles. The molecule has 0 bridgehead atoms. The predicted molar refractivity (Wildman–Crippen MR) is 98.1 cm³/mol. The molecule has 6 heteroatoms. The molecule has 0 saturated heterocycles. The zero-order chi connectivity index (χ0) is 16.5. The Morgan fingerprint density at radius 3 is 2.79 bits per heavy atom. The average molecular weight is 336 g/mol. The lowest BCUT2D eigenvalue weighted by molar-refractivity contribution is 0.417. The van der Waals surface area contributed by atoms with Crippen molar-refractivity contribution in [3.63, 3.8) is 0 Å². The number of nitrogens with one attached hydrogen (secondary N) is 1. The van der Waals surface area contributed by atoms with Gasteiger partial charge in [-0.2, -0.15) is 5.10 Å². The summed E-state index contributed by atoms with van der Waals surface area (Å²) in [6, 6.07) is 12.0. The van der Waals surface area contributed by atoms with Crippen molar-refractivity contribution in [3.05, 3.63) is 54.2 Å². The maximum absolute atomic E-state index is 5.41. The third-order valence-corrected chi connectivity index (χ3v) is 4.73. The number of thiophene rings is 1. The number of rotatable bonds is 4. The fourth-order valence-corrected chi connectivity index (χ4v) is 3.44. The first kappa shape index (κ1) is 14.7. The standard InChI is InChI=1S/C18H16N4OS/c1-22-10-12(9-19-22)13-7-8-17-18(21-13)15(11-24-17)20-14-5-3-4-6-16(14)23-2/h3-11,20H,1-2H3. The van der Waals surface area contributed by atoms with Gasteiger partial charge in [0.15, 0.2) is 0 Å². The molecule has 3 heterocycles. The van der Waals surface area contributed by atoms with E-state index in [0.717, 1.165) is 38.6 Å². The van der Waals surface area contributed by atoms with Crippen molar-refractivity contribution < 1.29 is 4.74 Å². The molecule has 0 aliphatic heterocycles. The molecule has 0 atom stereocenters. The zero-order valence-corrected chi connectivity index (χ0v) is 14.2. The number of para-hydroxylation sites is 2. The Bertz CT molecular complexity index is 1010. The fourth-order valence-electron chi connectivity index (χ4n) is 2.61. The van der Waals surface area contributed by atoms with E-state index in [1.54, 1.807) is 23.1 Å². The normalized spacial score (nSPS) is 10.9. The molecule has 0 spiro atoms. The maximum Gasteiger partial charge on any atom is 0.142 e. The van der Waals surface area contributed by atoms with Crippen LogP contribution in [-0.4, -0.2) is 21.9 Å². The van der Waals surface area contributed by atoms with E-state index in [-0.39, 0.29) is 0 Å². The van der Waals surface area contributed by atoms with Crippen LogP contribution < -0.4 is 10.1 Å². The van der Waals surface area contributed by atoms with Crippen LogP contribution in [0, 0.1) is 0 Å². The van der Waals surface area contributed by atoms with Crippen molar-refractivity contribution in [3.8, 4) is 17.0 Å². The molecule has 4 aromatic rings. The first-order chi connectivity index (χ1) is 11.7. The fraction of sp³-hybridized carbons (Fsp3) is 0.111. The van der Waals surface area contributed by atoms with Crippen LogP contribution in [0.15, 0.2) is 54.2 Å². The van der Waals surface area contributed by atoms with E-state index in [1.807, 2.05) is 49.8 Å². The lowest BCUT2D eigenvalue weighted by atomic mass is 10.2. The number of hydrogen-bond acceptors (Lipinski definition) is 5. The molecule has 0 aliphatic rings. The van der Waals surface area contributed by atoms with E-state index in [1.165, 1.54) is 0 Å². The SMILES string of the molecule is COc1ccccc1Nc1csc2ccc(-c3cnn(C)c3)nc12. The van der Waals surface area contributed by atoms with E-state index in [4.69, 9.17) is 9.72 Å². The second kappa shape index (κ2) is 5.98. The lowest BCUT2D eigenvalue weighted by Crippen LogP contribution is -1.94. The Labute approximate surface area is 143 Å². The van der Waals surface area contributed by atoms with Crippen LogP contribution in [0.5, 0.6) is 5.75 Å². The summed E-state index contributed by atoms with van der Waals surface area (Å²) in [7, 11) is 3.58. The number of methoxy groups -OCH3 is 1. The Hall–Kier alpha value is -2.86. The zero-order valence-electron chi connectivity index (χ0n) is 13.4. The smallest absolute Gasteiger partial charge is 0.142 e. The van der Waals surface area contributed by atoms with Gasteiger partial charge in [0.05, 0.1) is 35.1 Å². The molecule has 1 N–H and O–H groups in total. The largest absolute Gasteiger partial charge is 0.495 e. The van der Waals surface area contributed by atoms with E-state index < -0.39 is 0 Å². The number of fused-ring (bicyclic) bond motifs is 1. The summed E-state index contributed by atoms with van der Waals surface area (Å²) in [5.74, 6) is 0.806. The Morgan fingerprint density at radius 1 is 1.12 bits per heavy atom. The number of hydrogen-bond donors (Lipinski definition) is 1. The summed E-state index contributed by atoms with van der Waals surface area (Å²) in [4.78, 5) is 4.82. The second-order valence-electron chi connectivity index (χ2n) is 5.42. The van der Waals surface area contributed by atoms with Gasteiger partial charge in [0.1, 0.15) is 11.3 Å². The number of ether oxygens (including phenoxy) is 1. The summed E-state index contributed by atoms with van der Waals surface area (Å²) < 4.78 is 8.33. The van der Waals surface area contributed by atoms with Crippen LogP contribution >= 0.6 is 11.3 Å². The quantitative estimate of drug-likeness (QED) is 0.598. The number of aryl methyl sites for hydroxylation is 1. The number of aromatic nitrogens is 3. The van der Waals surface area contributed by atoms with Crippen LogP contribution in [0.1, 0.15) is 0 Å². The van der Waals surface area contributed by atoms with Gasteiger partial charge in [-0.1, -0.05) is 12.1 Å². The highest BCUT2D eigenvalue weighted by Crippen LogP contribution is 2.35. The summed E-state index contributed by atoms with van der Waals surface area (Å²) in [6.07, 6.45) is 3.79. The van der Waals surface area contributed by atoms with Crippen molar-refractivity contribution in [1.82, 2.24) is 14.8 Å². The predicted octanol–water partition coefficient (Wildman–Crippen LogP) is 4.45. The van der Waals surface area contributed by atoms with Crippen LogP contribution in [0.2, 0.25) is 0 Å². The number of anilines is 2. The van der Waals surface area contributed by atoms with E-state index in [0.29, 0.717) is 0 Å². The summed E-state index contributed by atoms with van der Waals surface area (Å²) >= 11 is 1.67. The van der Waals surface area contributed by atoms with Gasteiger partial charge in [-0.15, -0.1) is 11.3 Å². The van der Waals surface area contributed by atoms with Crippen molar-refractivity contribution in [2.24, 2.45) is 7.05 Å². The minimum Gasteiger partial charge on any atom is -0.495 e. The van der Waals surface area contributed by atoms with Crippen LogP contribution in [0.3, 0.4) is 0 Å². The van der Waals surface area contributed by atoms with E-state index >= 15 is 0 Å². The molecule has 5 nitrogen and oxygen atoms in total. The molecule has 0 unspecified atom stereocenters. The molecule has 4 rings (SSSR count). The van der Waals surface area contributed by atoms with Crippen LogP contribution in [-0.2, 0) is 7.05 Å². The molecule has 0 saturated carbocycles. The molecule has 0 aliphatic carbocycles. The maximum atomic E-state index is 5.41. The van der Waals surface area contributed by atoms with Gasteiger partial charge in [0.2, 0.25) is 0 Å². The highest BCUT2D eigenvalue weighted by Gasteiger charge is 2.11. The number of nitrogens with zero attached hydrogens (tertiary/aromatic N) is 3. The van der Waals surface area contributed by atoms with Crippen molar-refractivity contribution in [2.75, 3.05) is 12.4 Å².